The van der Waals surface area contributed by atoms with Gasteiger partial charge in [-0.2, -0.15) is 0 Å². The van der Waals surface area contributed by atoms with Crippen LogP contribution in [-0.4, -0.2) is 34.9 Å². The molecule has 0 bridgehead atoms. The molecule has 3 aromatic rings. The second-order valence-corrected chi connectivity index (χ2v) is 9.20. The van der Waals surface area contributed by atoms with Crippen LogP contribution >= 0.6 is 11.3 Å². The van der Waals surface area contributed by atoms with Gasteiger partial charge in [0.2, 0.25) is 11.8 Å². The van der Waals surface area contributed by atoms with Crippen molar-refractivity contribution in [2.45, 2.75) is 26.4 Å². The van der Waals surface area contributed by atoms with E-state index >= 15 is 0 Å². The Hall–Kier alpha value is -3.72. The first-order chi connectivity index (χ1) is 16.5. The van der Waals surface area contributed by atoms with Gasteiger partial charge < -0.3 is 20.7 Å². The van der Waals surface area contributed by atoms with Gasteiger partial charge in [-0.05, 0) is 55.7 Å². The molecule has 176 valence electrons. The number of aromatic nitrogens is 2. The molecular formula is C25H27N5O3S. The van der Waals surface area contributed by atoms with Crippen molar-refractivity contribution in [3.05, 3.63) is 70.3 Å². The van der Waals surface area contributed by atoms with Crippen LogP contribution in [0.5, 0.6) is 5.75 Å². The van der Waals surface area contributed by atoms with E-state index in [-0.39, 0.29) is 17.7 Å². The van der Waals surface area contributed by atoms with Crippen molar-refractivity contribution in [3.63, 3.8) is 0 Å². The number of nitrogens with one attached hydrogen (secondary N) is 1. The standard InChI is InChI=1S/C25H27N5O3S/c1-17-28-21(16-34-17)15-33-22-6-2-4-18(12-22)7-10-24(31)29-20-8-9-23(27-13-20)30-11-3-5-19(14-30)25(26)32/h2,4,6-10,12-13,16,19H,3,5,11,14-15H2,1H3,(H2,26,32)(H,29,31)/b10-7+. The smallest absolute Gasteiger partial charge is 0.248 e. The molecular weight excluding hydrogens is 450 g/mol. The molecule has 1 aromatic carbocycles. The average molecular weight is 478 g/mol. The van der Waals surface area contributed by atoms with E-state index in [1.165, 1.54) is 6.08 Å². The minimum Gasteiger partial charge on any atom is -0.487 e. The number of hydrogen-bond donors (Lipinski definition) is 2. The summed E-state index contributed by atoms with van der Waals surface area (Å²) in [6.45, 7) is 3.77. The highest BCUT2D eigenvalue weighted by molar-refractivity contribution is 7.09. The number of nitrogens with two attached hydrogens (primary N) is 1. The number of amides is 2. The van der Waals surface area contributed by atoms with E-state index in [1.807, 2.05) is 42.6 Å². The van der Waals surface area contributed by atoms with E-state index in [2.05, 4.69) is 20.2 Å². The van der Waals surface area contributed by atoms with Crippen LogP contribution in [0, 0.1) is 12.8 Å². The summed E-state index contributed by atoms with van der Waals surface area (Å²) in [6, 6.07) is 11.2. The zero-order valence-corrected chi connectivity index (χ0v) is 19.8. The first kappa shape index (κ1) is 23.4. The molecule has 0 radical (unpaired) electrons. The molecule has 1 aliphatic rings. The maximum absolute atomic E-state index is 12.4. The number of aryl methyl sites for hydroxylation is 1. The summed E-state index contributed by atoms with van der Waals surface area (Å²) in [4.78, 5) is 34.7. The topological polar surface area (TPSA) is 110 Å². The number of nitrogens with zero attached hydrogens (tertiary/aromatic N) is 3. The summed E-state index contributed by atoms with van der Waals surface area (Å²) in [6.07, 6.45) is 6.53. The van der Waals surface area contributed by atoms with Gasteiger partial charge in [0.1, 0.15) is 18.2 Å². The fourth-order valence-electron chi connectivity index (χ4n) is 3.76. The minimum absolute atomic E-state index is 0.152. The lowest BCUT2D eigenvalue weighted by molar-refractivity contribution is -0.122. The molecule has 3 N–H and O–H groups in total. The van der Waals surface area contributed by atoms with E-state index < -0.39 is 0 Å². The zero-order chi connectivity index (χ0) is 23.9. The SMILES string of the molecule is Cc1nc(COc2cccc(/C=C/C(=O)Nc3ccc(N4CCCC(C(N)=O)C4)nc3)c2)cs1. The number of benzene rings is 1. The number of hydrogen-bond acceptors (Lipinski definition) is 7. The molecule has 34 heavy (non-hydrogen) atoms. The number of rotatable bonds is 8. The number of carbonyl (C=O) groups is 2. The first-order valence-electron chi connectivity index (χ1n) is 11.1. The van der Waals surface area contributed by atoms with Gasteiger partial charge in [-0.25, -0.2) is 9.97 Å². The number of primary amides is 1. The Labute approximate surface area is 202 Å². The molecule has 1 unspecified atom stereocenters. The maximum atomic E-state index is 12.4. The van der Waals surface area contributed by atoms with E-state index in [0.29, 0.717) is 24.6 Å². The van der Waals surface area contributed by atoms with Gasteiger partial charge in [0, 0.05) is 24.5 Å². The predicted molar refractivity (Wildman–Crippen MR) is 134 cm³/mol. The van der Waals surface area contributed by atoms with Crippen LogP contribution in [0.25, 0.3) is 6.08 Å². The summed E-state index contributed by atoms with van der Waals surface area (Å²) in [5.41, 5.74) is 7.80. The summed E-state index contributed by atoms with van der Waals surface area (Å²) in [5.74, 6) is 0.798. The molecule has 1 fully saturated rings. The maximum Gasteiger partial charge on any atom is 0.248 e. The number of pyridine rings is 1. The van der Waals surface area contributed by atoms with Gasteiger partial charge in [0.15, 0.2) is 0 Å². The van der Waals surface area contributed by atoms with Crippen molar-refractivity contribution < 1.29 is 14.3 Å². The minimum atomic E-state index is -0.271. The van der Waals surface area contributed by atoms with Gasteiger partial charge in [-0.15, -0.1) is 11.3 Å². The molecule has 1 atom stereocenters. The second kappa shape index (κ2) is 10.9. The van der Waals surface area contributed by atoms with Crippen molar-refractivity contribution in [2.24, 2.45) is 11.7 Å². The van der Waals surface area contributed by atoms with Gasteiger partial charge in [0.25, 0.3) is 0 Å². The van der Waals surface area contributed by atoms with Crippen LogP contribution in [0.4, 0.5) is 11.5 Å². The lowest BCUT2D eigenvalue weighted by Crippen LogP contribution is -2.41. The Morgan fingerprint density at radius 1 is 1.32 bits per heavy atom. The third-order valence-electron chi connectivity index (χ3n) is 5.50. The molecule has 9 heteroatoms. The lowest BCUT2D eigenvalue weighted by atomic mass is 9.97. The Morgan fingerprint density at radius 2 is 2.21 bits per heavy atom. The van der Waals surface area contributed by atoms with Crippen LogP contribution < -0.4 is 20.7 Å². The molecule has 0 spiro atoms. The lowest BCUT2D eigenvalue weighted by Gasteiger charge is -2.32. The molecule has 4 rings (SSSR count). The fraction of sp³-hybridized carbons (Fsp3) is 0.280. The van der Waals surface area contributed by atoms with Crippen molar-refractivity contribution in [1.29, 1.82) is 0 Å². The van der Waals surface area contributed by atoms with Crippen LogP contribution in [0.3, 0.4) is 0 Å². The Kier molecular flexibility index (Phi) is 7.54. The van der Waals surface area contributed by atoms with Crippen molar-refractivity contribution in [3.8, 4) is 5.75 Å². The van der Waals surface area contributed by atoms with E-state index in [1.54, 1.807) is 29.7 Å². The van der Waals surface area contributed by atoms with Crippen LogP contribution in [-0.2, 0) is 16.2 Å². The van der Waals surface area contributed by atoms with Crippen molar-refractivity contribution >= 4 is 40.7 Å². The highest BCUT2D eigenvalue weighted by atomic mass is 32.1. The second-order valence-electron chi connectivity index (χ2n) is 8.13. The van der Waals surface area contributed by atoms with Crippen LogP contribution in [0.2, 0.25) is 0 Å². The Bertz CT molecular complexity index is 1180. The molecule has 3 heterocycles. The van der Waals surface area contributed by atoms with Crippen molar-refractivity contribution in [1.82, 2.24) is 9.97 Å². The summed E-state index contributed by atoms with van der Waals surface area (Å²) >= 11 is 1.59. The molecule has 0 aliphatic carbocycles. The van der Waals surface area contributed by atoms with E-state index in [0.717, 1.165) is 41.5 Å². The quantitative estimate of drug-likeness (QED) is 0.478. The first-order valence-corrected chi connectivity index (χ1v) is 12.0. The third kappa shape index (κ3) is 6.41. The summed E-state index contributed by atoms with van der Waals surface area (Å²) in [7, 11) is 0. The normalized spacial score (nSPS) is 15.9. The third-order valence-corrected chi connectivity index (χ3v) is 6.32. The number of ether oxygens (including phenoxy) is 1. The molecule has 2 amide bonds. The molecule has 1 saturated heterocycles. The molecule has 0 saturated carbocycles. The number of thiazole rings is 1. The monoisotopic (exact) mass is 477 g/mol. The molecule has 8 nitrogen and oxygen atoms in total. The molecule has 2 aromatic heterocycles. The van der Waals surface area contributed by atoms with Crippen molar-refractivity contribution in [2.75, 3.05) is 23.3 Å². The van der Waals surface area contributed by atoms with Gasteiger partial charge in [-0.1, -0.05) is 12.1 Å². The number of carbonyl (C=O) groups excluding carboxylic acids is 2. The van der Waals surface area contributed by atoms with Gasteiger partial charge in [0.05, 0.1) is 28.5 Å². The van der Waals surface area contributed by atoms with E-state index in [4.69, 9.17) is 10.5 Å². The fourth-order valence-corrected chi connectivity index (χ4v) is 4.36. The highest BCUT2D eigenvalue weighted by Gasteiger charge is 2.24. The Morgan fingerprint density at radius 3 is 2.94 bits per heavy atom. The number of piperidine rings is 1. The van der Waals surface area contributed by atoms with Crippen LogP contribution in [0.1, 0.15) is 29.1 Å². The largest absolute Gasteiger partial charge is 0.487 e. The summed E-state index contributed by atoms with van der Waals surface area (Å²) in [5, 5.41) is 5.80. The summed E-state index contributed by atoms with van der Waals surface area (Å²) < 4.78 is 5.80. The Balaban J connectivity index is 1.30. The predicted octanol–water partition coefficient (Wildman–Crippen LogP) is 3.78. The average Bonchev–Trinajstić information content (AvgIpc) is 3.27. The van der Waals surface area contributed by atoms with Gasteiger partial charge in [-0.3, -0.25) is 9.59 Å². The van der Waals surface area contributed by atoms with E-state index in [9.17, 15) is 9.59 Å². The number of anilines is 2. The molecule has 1 aliphatic heterocycles. The van der Waals surface area contributed by atoms with Crippen LogP contribution in [0.15, 0.2) is 54.1 Å². The highest BCUT2D eigenvalue weighted by Crippen LogP contribution is 2.22. The zero-order valence-electron chi connectivity index (χ0n) is 18.9. The van der Waals surface area contributed by atoms with Gasteiger partial charge >= 0.3 is 0 Å².